The number of ketones is 5. The Hall–Kier alpha value is -13.5. The molecule has 13 aromatic heterocycles. The van der Waals surface area contributed by atoms with E-state index in [1.807, 2.05) is 188 Å². The molecular formula is C99H99N21O8S4. The molecule has 0 spiro atoms. The van der Waals surface area contributed by atoms with E-state index < -0.39 is 0 Å². The molecular weight excluding hydrogens is 1740 g/mol. The molecule has 4 saturated carbocycles. The first kappa shape index (κ1) is 93.2. The van der Waals surface area contributed by atoms with E-state index in [1.165, 1.54) is 32.9 Å². The number of hydrogen-bond donors (Lipinski definition) is 3. The van der Waals surface area contributed by atoms with Crippen LogP contribution in [0.3, 0.4) is 0 Å². The lowest BCUT2D eigenvalue weighted by molar-refractivity contribution is -0.118. The maximum absolute atomic E-state index is 12.3. The highest BCUT2D eigenvalue weighted by Gasteiger charge is 2.37. The van der Waals surface area contributed by atoms with E-state index in [4.69, 9.17) is 0 Å². The van der Waals surface area contributed by atoms with Crippen LogP contribution in [0.25, 0.3) is 0 Å². The van der Waals surface area contributed by atoms with E-state index in [0.717, 1.165) is 150 Å². The second-order valence-electron chi connectivity index (χ2n) is 33.9. The molecule has 14 aromatic rings. The Balaban J connectivity index is 0.000000135. The van der Waals surface area contributed by atoms with Crippen LogP contribution in [0.2, 0.25) is 0 Å². The van der Waals surface area contributed by atoms with Gasteiger partial charge in [0.2, 0.25) is 17.7 Å². The number of aromatic nitrogens is 18. The van der Waals surface area contributed by atoms with Crippen molar-refractivity contribution in [2.75, 3.05) is 16.0 Å². The van der Waals surface area contributed by atoms with Crippen LogP contribution in [0.15, 0.2) is 219 Å². The highest BCUT2D eigenvalue weighted by Crippen LogP contribution is 2.48. The van der Waals surface area contributed by atoms with Crippen molar-refractivity contribution in [1.82, 2.24) is 90.9 Å². The molecule has 132 heavy (non-hydrogen) atoms. The number of amides is 3. The third-order valence-corrected chi connectivity index (χ3v) is 27.2. The molecule has 3 N–H and O–H groups in total. The van der Waals surface area contributed by atoms with Crippen molar-refractivity contribution >= 4 is 107 Å². The fourth-order valence-corrected chi connectivity index (χ4v) is 20.1. The van der Waals surface area contributed by atoms with Gasteiger partial charge in [-0.05, 0) is 234 Å². The predicted octanol–water partition coefficient (Wildman–Crippen LogP) is 14.9. The summed E-state index contributed by atoms with van der Waals surface area (Å²) in [5.74, 6) is 4.27. The van der Waals surface area contributed by atoms with Crippen molar-refractivity contribution in [1.29, 1.82) is 0 Å². The van der Waals surface area contributed by atoms with Gasteiger partial charge in [-0.25, -0.2) is 15.0 Å². The van der Waals surface area contributed by atoms with Crippen molar-refractivity contribution in [3.63, 3.8) is 0 Å². The average Bonchev–Trinajstić information content (AvgIpc) is 1.63. The SMILES string of the molecule is CC(=O)Cc1ccc(CC2CC(c3cnc(NC(=O)Cc4ccccn4)s3)C2)nn1.CC(=O)Nc1ncc(C2CC(Cc3ccc(CC(=O)Cc4ccccn4)nn3)C2)s1.O=C(Cc1ccccc1)Cc1ccc(CC2CC(c3cnc(NC(=O)Cc4ccccn4)s3)C2)nn1.O=C(Cc1ccccn1)Cc1ccc(C2CC(Cc3nnc(CC(=O)Cc4ccccn4)s3)C2)nn1. The second-order valence-corrected chi connectivity index (χ2v) is 38.2. The molecule has 672 valence electrons. The summed E-state index contributed by atoms with van der Waals surface area (Å²) < 4.78 is 0. The summed E-state index contributed by atoms with van der Waals surface area (Å²) >= 11 is 6.18. The summed E-state index contributed by atoms with van der Waals surface area (Å²) in [5.41, 5.74) is 11.5. The van der Waals surface area contributed by atoms with Gasteiger partial charge in [0.25, 0.3) is 0 Å². The smallest absolute Gasteiger partial charge is 0.232 e. The number of Topliss-reactive ketones (excluding diaryl/α,β-unsaturated/α-hetero) is 5. The van der Waals surface area contributed by atoms with Crippen LogP contribution in [-0.2, 0) is 135 Å². The Morgan fingerprint density at radius 3 is 0.955 bits per heavy atom. The molecule has 3 amide bonds. The number of benzene rings is 1. The van der Waals surface area contributed by atoms with Crippen molar-refractivity contribution in [3.05, 3.63) is 324 Å². The van der Waals surface area contributed by atoms with Crippen molar-refractivity contribution < 1.29 is 38.4 Å². The van der Waals surface area contributed by atoms with Crippen molar-refractivity contribution in [2.45, 2.75) is 185 Å². The van der Waals surface area contributed by atoms with Crippen LogP contribution < -0.4 is 16.0 Å². The number of pyridine rings is 5. The topological polar surface area (TPSA) is 405 Å². The second kappa shape index (κ2) is 46.8. The molecule has 33 heteroatoms. The first-order valence-corrected chi connectivity index (χ1v) is 47.5. The zero-order chi connectivity index (χ0) is 91.3. The number of nitrogens with one attached hydrogen (secondary N) is 3. The molecule has 0 saturated heterocycles. The number of anilines is 3. The van der Waals surface area contributed by atoms with Gasteiger partial charge < -0.3 is 16.0 Å². The maximum atomic E-state index is 12.3. The fraction of sp³-hybridized carbons (Fsp3) is 0.333. The van der Waals surface area contributed by atoms with E-state index in [0.29, 0.717) is 125 Å². The number of carbonyl (C=O) groups excluding carboxylic acids is 8. The number of hydrogen-bond acceptors (Lipinski definition) is 30. The van der Waals surface area contributed by atoms with Crippen LogP contribution in [0.1, 0.15) is 193 Å². The molecule has 1 aromatic carbocycles. The normalized spacial score (nSPS) is 17.3. The summed E-state index contributed by atoms with van der Waals surface area (Å²) in [7, 11) is 0. The molecule has 4 aliphatic rings. The lowest BCUT2D eigenvalue weighted by atomic mass is 9.72. The van der Waals surface area contributed by atoms with Crippen molar-refractivity contribution in [2.24, 2.45) is 23.7 Å². The summed E-state index contributed by atoms with van der Waals surface area (Å²) in [5, 5.41) is 55.0. The van der Waals surface area contributed by atoms with Gasteiger partial charge in [-0.15, -0.1) is 55.5 Å². The zero-order valence-corrected chi connectivity index (χ0v) is 76.4. The Kier molecular flexibility index (Phi) is 33.1. The summed E-state index contributed by atoms with van der Waals surface area (Å²) in [6, 6.07) is 53.1. The van der Waals surface area contributed by atoms with Crippen LogP contribution in [-0.4, -0.2) is 137 Å². The Morgan fingerprint density at radius 1 is 0.273 bits per heavy atom. The lowest BCUT2D eigenvalue weighted by Crippen LogP contribution is -2.25. The first-order chi connectivity index (χ1) is 64.3. The van der Waals surface area contributed by atoms with E-state index in [2.05, 4.69) is 107 Å². The third kappa shape index (κ3) is 29.3. The highest BCUT2D eigenvalue weighted by atomic mass is 32.1. The number of nitrogens with zero attached hydrogens (tertiary/aromatic N) is 18. The van der Waals surface area contributed by atoms with Gasteiger partial charge in [-0.2, -0.15) is 40.8 Å². The van der Waals surface area contributed by atoms with Crippen LogP contribution in [0, 0.1) is 23.7 Å². The molecule has 0 radical (unpaired) electrons. The molecule has 0 unspecified atom stereocenters. The van der Waals surface area contributed by atoms with Crippen LogP contribution in [0.4, 0.5) is 15.4 Å². The first-order valence-electron chi connectivity index (χ1n) is 44.2. The van der Waals surface area contributed by atoms with E-state index in [9.17, 15) is 38.4 Å². The van der Waals surface area contributed by atoms with Gasteiger partial charge in [0.1, 0.15) is 38.9 Å². The molecule has 18 rings (SSSR count). The van der Waals surface area contributed by atoms with E-state index in [-0.39, 0.29) is 72.3 Å². The molecule has 13 heterocycles. The number of rotatable bonds is 37. The van der Waals surface area contributed by atoms with E-state index >= 15 is 0 Å². The van der Waals surface area contributed by atoms with Gasteiger partial charge in [-0.3, -0.25) is 63.3 Å². The Bertz CT molecular complexity index is 6130. The monoisotopic (exact) mass is 1840 g/mol. The molecule has 29 nitrogen and oxygen atoms in total. The largest absolute Gasteiger partial charge is 0.302 e. The lowest BCUT2D eigenvalue weighted by Gasteiger charge is -2.34. The standard InChI is InChI=1S/C28H27N5O2S.C27H26N6O2S.2C22H23N5O2S/c34-25(15-19-6-2-1-3-7-19)16-24-10-9-23(32-33-24)14-20-12-21(13-20)26-18-30-28(36-26)31-27(35)17-22-8-4-5-11-29-22;34-23(14-20-5-1-3-9-28-20)16-22-7-8-25(31-30-22)19-11-18(12-19)13-26-32-33-27(36-26)17-24(35)15-21-6-2-4-10-29-21;1-14(28)25-22-24-13-21(30-22)16-8-15(9-16)10-18-5-6-19(27-26-18)12-20(29)11-17-4-2-3-7-23-17;1-14(28)8-18-5-6-19(27-26-18)11-15-9-16(10-15)20-13-24-22(30-20)25-21(29)12-17-4-2-3-7-23-17/h1-11,18,20-21H,12-17H2,(H,30,31,35);1-10,18-19H,11-17H2;2-7,13,15-16H,8-12H2,1H3,(H,24,25,28);2-7,13,15-16H,8-12H2,1H3,(H,24,25,29). The highest BCUT2D eigenvalue weighted by molar-refractivity contribution is 7.16. The van der Waals surface area contributed by atoms with E-state index in [1.54, 1.807) is 71.9 Å². The summed E-state index contributed by atoms with van der Waals surface area (Å²) in [6.07, 6.45) is 29.5. The fourth-order valence-electron chi connectivity index (χ4n) is 16.2. The van der Waals surface area contributed by atoms with Gasteiger partial charge in [-0.1, -0.05) is 60.7 Å². The van der Waals surface area contributed by atoms with Crippen LogP contribution >= 0.6 is 45.3 Å². The Morgan fingerprint density at radius 2 is 0.591 bits per heavy atom. The summed E-state index contributed by atoms with van der Waals surface area (Å²) in [6.45, 7) is 3.05. The molecule has 0 aliphatic heterocycles. The predicted molar refractivity (Wildman–Crippen MR) is 502 cm³/mol. The minimum Gasteiger partial charge on any atom is -0.302 e. The Labute approximate surface area is 779 Å². The van der Waals surface area contributed by atoms with Gasteiger partial charge in [0.05, 0.1) is 90.5 Å². The van der Waals surface area contributed by atoms with Gasteiger partial charge in [0, 0.05) is 138 Å². The average molecular weight is 1840 g/mol. The van der Waals surface area contributed by atoms with Gasteiger partial charge >= 0.3 is 0 Å². The summed E-state index contributed by atoms with van der Waals surface area (Å²) in [4.78, 5) is 133. The maximum Gasteiger partial charge on any atom is 0.232 e. The minimum absolute atomic E-state index is 0.0781. The van der Waals surface area contributed by atoms with Crippen molar-refractivity contribution in [3.8, 4) is 0 Å². The molecule has 4 aliphatic carbocycles. The molecule has 0 bridgehead atoms. The van der Waals surface area contributed by atoms with Crippen LogP contribution in [0.5, 0.6) is 0 Å². The quantitative estimate of drug-likeness (QED) is 0.0325. The number of thiazole rings is 3. The zero-order valence-electron chi connectivity index (χ0n) is 73.1. The number of carbonyl (C=O) groups is 8. The van der Waals surface area contributed by atoms with Gasteiger partial charge in [0.15, 0.2) is 15.4 Å². The molecule has 0 atom stereocenters. The minimum atomic E-state index is -0.107. The third-order valence-electron chi connectivity index (χ3n) is 23.1. The molecule has 4 fully saturated rings.